The second-order valence-electron chi connectivity index (χ2n) is 7.19. The predicted octanol–water partition coefficient (Wildman–Crippen LogP) is 1.94. The van der Waals surface area contributed by atoms with Gasteiger partial charge in [0.2, 0.25) is 5.76 Å². The van der Waals surface area contributed by atoms with Crippen molar-refractivity contribution >= 4 is 23.3 Å². The van der Waals surface area contributed by atoms with Gasteiger partial charge in [-0.05, 0) is 30.3 Å². The lowest BCUT2D eigenvalue weighted by atomic mass is 10.2. The number of anilines is 1. The maximum absolute atomic E-state index is 12.4. The summed E-state index contributed by atoms with van der Waals surface area (Å²) in [5.41, 5.74) is 0.896. The molecule has 0 aliphatic carbocycles. The number of esters is 1. The van der Waals surface area contributed by atoms with Gasteiger partial charge in [0.1, 0.15) is 5.76 Å². The van der Waals surface area contributed by atoms with Crippen molar-refractivity contribution in [3.63, 3.8) is 0 Å². The number of carbonyl (C=O) groups excluding carboxylic acids is 2. The van der Waals surface area contributed by atoms with Crippen molar-refractivity contribution in [2.24, 2.45) is 0 Å². The zero-order valence-electron chi connectivity index (χ0n) is 17.1. The minimum absolute atomic E-state index is 0.0305. The van der Waals surface area contributed by atoms with Crippen LogP contribution in [0.25, 0.3) is 0 Å². The lowest BCUT2D eigenvalue weighted by Crippen LogP contribution is -2.49. The van der Waals surface area contributed by atoms with Crippen LogP contribution in [-0.4, -0.2) is 64.3 Å². The number of nitro benzene ring substituents is 1. The summed E-state index contributed by atoms with van der Waals surface area (Å²) in [5.74, 6) is -0.406. The molecule has 0 radical (unpaired) electrons. The molecule has 11 heteroatoms. The molecular formula is C21H21N5O6. The molecule has 2 aromatic heterocycles. The number of benzene rings is 1. The van der Waals surface area contributed by atoms with Crippen LogP contribution in [-0.2, 0) is 16.1 Å². The van der Waals surface area contributed by atoms with E-state index in [1.54, 1.807) is 46.2 Å². The van der Waals surface area contributed by atoms with E-state index in [-0.39, 0.29) is 24.0 Å². The number of rotatable bonds is 7. The van der Waals surface area contributed by atoms with E-state index in [4.69, 9.17) is 9.15 Å². The number of hydrogen-bond donors (Lipinski definition) is 0. The molecule has 0 bridgehead atoms. The van der Waals surface area contributed by atoms with Gasteiger partial charge in [0.15, 0.2) is 6.61 Å². The number of nitro groups is 1. The first-order valence-electron chi connectivity index (χ1n) is 10.00. The summed E-state index contributed by atoms with van der Waals surface area (Å²) < 4.78 is 12.2. The van der Waals surface area contributed by atoms with Crippen molar-refractivity contribution in [2.45, 2.75) is 6.54 Å². The fraction of sp³-hybridized carbons (Fsp3) is 0.286. The molecule has 0 saturated carbocycles. The Balaban J connectivity index is 1.23. The number of aromatic nitrogens is 2. The number of nitrogens with zero attached hydrogens (tertiary/aromatic N) is 5. The molecule has 0 N–H and O–H groups in total. The highest BCUT2D eigenvalue weighted by Gasteiger charge is 2.23. The second kappa shape index (κ2) is 9.33. The third-order valence-corrected chi connectivity index (χ3v) is 5.12. The second-order valence-corrected chi connectivity index (χ2v) is 7.19. The van der Waals surface area contributed by atoms with Crippen molar-refractivity contribution < 1.29 is 23.7 Å². The first kappa shape index (κ1) is 21.1. The molecule has 11 nitrogen and oxygen atoms in total. The molecule has 166 valence electrons. The van der Waals surface area contributed by atoms with Crippen LogP contribution in [0.5, 0.6) is 0 Å². The Hall–Kier alpha value is -4.15. The molecule has 1 aliphatic rings. The Morgan fingerprint density at radius 1 is 1.09 bits per heavy atom. The van der Waals surface area contributed by atoms with Crippen LogP contribution >= 0.6 is 0 Å². The highest BCUT2D eigenvalue weighted by molar-refractivity contribution is 5.89. The maximum atomic E-state index is 12.4. The molecule has 0 atom stereocenters. The number of hydrogen-bond acceptors (Lipinski definition) is 8. The summed E-state index contributed by atoms with van der Waals surface area (Å²) in [7, 11) is 0. The van der Waals surface area contributed by atoms with Crippen molar-refractivity contribution in [3.05, 3.63) is 76.5 Å². The van der Waals surface area contributed by atoms with E-state index in [1.165, 1.54) is 18.2 Å². The van der Waals surface area contributed by atoms with Gasteiger partial charge in [-0.25, -0.2) is 4.79 Å². The highest BCUT2D eigenvalue weighted by Crippen LogP contribution is 2.20. The Labute approximate surface area is 182 Å². The van der Waals surface area contributed by atoms with E-state index in [1.807, 2.05) is 4.90 Å². The molecule has 1 aliphatic heterocycles. The smallest absolute Gasteiger partial charge is 0.374 e. The molecule has 1 saturated heterocycles. The SMILES string of the molecule is O=C(OCC(=O)N1CCN(c2ccc([N+](=O)[O-])cc2)CC1)c1ccc(Cn2cccn2)o1. The van der Waals surface area contributed by atoms with Gasteiger partial charge in [0.25, 0.3) is 11.6 Å². The molecular weight excluding hydrogens is 418 g/mol. The largest absolute Gasteiger partial charge is 0.452 e. The monoisotopic (exact) mass is 439 g/mol. The fourth-order valence-electron chi connectivity index (χ4n) is 3.42. The first-order chi connectivity index (χ1) is 15.5. The lowest BCUT2D eigenvalue weighted by molar-refractivity contribution is -0.384. The van der Waals surface area contributed by atoms with Crippen molar-refractivity contribution in [1.82, 2.24) is 14.7 Å². The Bertz CT molecular complexity index is 1080. The Morgan fingerprint density at radius 3 is 2.50 bits per heavy atom. The van der Waals surface area contributed by atoms with E-state index in [0.29, 0.717) is 38.5 Å². The Morgan fingerprint density at radius 2 is 1.84 bits per heavy atom. The van der Waals surface area contributed by atoms with Crippen LogP contribution in [0.1, 0.15) is 16.3 Å². The predicted molar refractivity (Wildman–Crippen MR) is 112 cm³/mol. The van der Waals surface area contributed by atoms with E-state index in [2.05, 4.69) is 5.10 Å². The maximum Gasteiger partial charge on any atom is 0.374 e. The van der Waals surface area contributed by atoms with Crippen molar-refractivity contribution in [1.29, 1.82) is 0 Å². The topological polar surface area (TPSA) is 124 Å². The van der Waals surface area contributed by atoms with E-state index in [0.717, 1.165) is 5.69 Å². The zero-order valence-corrected chi connectivity index (χ0v) is 17.1. The van der Waals surface area contributed by atoms with Gasteiger partial charge >= 0.3 is 5.97 Å². The van der Waals surface area contributed by atoms with Crippen LogP contribution in [0.2, 0.25) is 0 Å². The molecule has 0 spiro atoms. The summed E-state index contributed by atoms with van der Waals surface area (Å²) >= 11 is 0. The van der Waals surface area contributed by atoms with Crippen LogP contribution in [0, 0.1) is 10.1 Å². The summed E-state index contributed by atoms with van der Waals surface area (Å²) in [5, 5.41) is 14.8. The summed E-state index contributed by atoms with van der Waals surface area (Å²) in [6.07, 6.45) is 3.43. The number of furan rings is 1. The molecule has 32 heavy (non-hydrogen) atoms. The van der Waals surface area contributed by atoms with Gasteiger partial charge in [0.05, 0.1) is 11.5 Å². The third-order valence-electron chi connectivity index (χ3n) is 5.12. The van der Waals surface area contributed by atoms with Crippen LogP contribution in [0.4, 0.5) is 11.4 Å². The minimum Gasteiger partial charge on any atom is -0.452 e. The van der Waals surface area contributed by atoms with Crippen molar-refractivity contribution in [3.8, 4) is 0 Å². The molecule has 1 fully saturated rings. The molecule has 3 aromatic rings. The Kier molecular flexibility index (Phi) is 6.15. The standard InChI is InChI=1S/C21H21N5O6/c27-20(15-31-21(28)19-7-6-18(32-19)14-25-9-1-8-22-25)24-12-10-23(11-13-24)16-2-4-17(5-3-16)26(29)30/h1-9H,10-15H2. The third kappa shape index (κ3) is 4.94. The zero-order chi connectivity index (χ0) is 22.5. The molecule has 4 rings (SSSR count). The van der Waals surface area contributed by atoms with E-state index < -0.39 is 10.9 Å². The average molecular weight is 439 g/mol. The number of non-ortho nitro benzene ring substituents is 1. The summed E-state index contributed by atoms with van der Waals surface area (Å²) in [4.78, 5) is 38.6. The van der Waals surface area contributed by atoms with E-state index >= 15 is 0 Å². The number of ether oxygens (including phenoxy) is 1. The molecule has 1 aromatic carbocycles. The summed E-state index contributed by atoms with van der Waals surface area (Å²) in [6, 6.07) is 11.3. The molecule has 0 unspecified atom stereocenters. The van der Waals surface area contributed by atoms with Gasteiger partial charge in [-0.3, -0.25) is 19.6 Å². The molecule has 3 heterocycles. The van der Waals surface area contributed by atoms with Crippen molar-refractivity contribution in [2.75, 3.05) is 37.7 Å². The van der Waals surface area contributed by atoms with Crippen LogP contribution in [0.3, 0.4) is 0 Å². The van der Waals surface area contributed by atoms with Gasteiger partial charge in [0, 0.05) is 56.4 Å². The quantitative estimate of drug-likeness (QED) is 0.311. The molecule has 1 amide bonds. The van der Waals surface area contributed by atoms with Crippen LogP contribution < -0.4 is 4.90 Å². The number of amides is 1. The normalized spacial score (nSPS) is 13.8. The fourth-order valence-corrected chi connectivity index (χ4v) is 3.42. The number of carbonyl (C=O) groups is 2. The van der Waals surface area contributed by atoms with Gasteiger partial charge in [-0.15, -0.1) is 0 Å². The van der Waals surface area contributed by atoms with Gasteiger partial charge in [-0.2, -0.15) is 5.10 Å². The average Bonchev–Trinajstić information content (AvgIpc) is 3.50. The summed E-state index contributed by atoms with van der Waals surface area (Å²) in [6.45, 7) is 2.09. The van der Waals surface area contributed by atoms with Gasteiger partial charge < -0.3 is 19.0 Å². The highest BCUT2D eigenvalue weighted by atomic mass is 16.6. The van der Waals surface area contributed by atoms with Crippen LogP contribution in [0.15, 0.2) is 59.3 Å². The first-order valence-corrected chi connectivity index (χ1v) is 10.00. The number of piperazine rings is 1. The van der Waals surface area contributed by atoms with E-state index in [9.17, 15) is 19.7 Å². The van der Waals surface area contributed by atoms with Gasteiger partial charge in [-0.1, -0.05) is 0 Å². The lowest BCUT2D eigenvalue weighted by Gasteiger charge is -2.36. The minimum atomic E-state index is -0.699.